The van der Waals surface area contributed by atoms with E-state index in [-0.39, 0.29) is 23.8 Å². The molecule has 1 amide bonds. The molecule has 0 unspecified atom stereocenters. The van der Waals surface area contributed by atoms with Crippen molar-refractivity contribution in [3.05, 3.63) is 53.6 Å². The van der Waals surface area contributed by atoms with Crippen molar-refractivity contribution in [2.45, 2.75) is 18.4 Å². The summed E-state index contributed by atoms with van der Waals surface area (Å²) in [4.78, 5) is 11.2. The topological polar surface area (TPSA) is 98.9 Å². The van der Waals surface area contributed by atoms with Gasteiger partial charge in [0.05, 0.1) is 4.90 Å². The fourth-order valence-electron chi connectivity index (χ4n) is 2.55. The number of carbonyl (C=O) groups excluding carboxylic acids is 1. The highest BCUT2D eigenvalue weighted by Gasteiger charge is 2.24. The minimum absolute atomic E-state index is 0.111. The average Bonchev–Trinajstić information content (AvgIpc) is 3.07. The van der Waals surface area contributed by atoms with Crippen LogP contribution in [0, 0.1) is 0 Å². The third-order valence-electron chi connectivity index (χ3n) is 3.93. The van der Waals surface area contributed by atoms with Crippen molar-refractivity contribution in [1.29, 1.82) is 0 Å². The molecule has 0 saturated heterocycles. The van der Waals surface area contributed by atoms with Crippen LogP contribution < -0.4 is 15.2 Å². The maximum absolute atomic E-state index is 12.8. The summed E-state index contributed by atoms with van der Waals surface area (Å²) < 4.78 is 37.6. The second-order valence-electron chi connectivity index (χ2n) is 5.51. The van der Waals surface area contributed by atoms with Gasteiger partial charge in [0, 0.05) is 18.7 Å². The monoisotopic (exact) mass is 362 g/mol. The van der Waals surface area contributed by atoms with Gasteiger partial charge < -0.3 is 15.2 Å². The van der Waals surface area contributed by atoms with Crippen molar-refractivity contribution in [3.8, 4) is 11.5 Å². The molecule has 132 valence electrons. The van der Waals surface area contributed by atoms with Crippen molar-refractivity contribution in [3.63, 3.8) is 0 Å². The zero-order chi connectivity index (χ0) is 18.0. The highest BCUT2D eigenvalue weighted by atomic mass is 32.2. The number of benzene rings is 2. The number of rotatable bonds is 6. The maximum atomic E-state index is 12.8. The molecule has 2 aromatic rings. The summed E-state index contributed by atoms with van der Waals surface area (Å²) in [5, 5.41) is 0. The molecule has 0 aliphatic carbocycles. The van der Waals surface area contributed by atoms with Crippen molar-refractivity contribution in [2.75, 3.05) is 13.3 Å². The van der Waals surface area contributed by atoms with Gasteiger partial charge in [0.25, 0.3) is 0 Å². The lowest BCUT2D eigenvalue weighted by Gasteiger charge is -2.21. The van der Waals surface area contributed by atoms with Crippen LogP contribution in [-0.2, 0) is 16.6 Å². The fraction of sp³-hybridized carbons (Fsp3) is 0.235. The molecule has 0 spiro atoms. The van der Waals surface area contributed by atoms with Crippen LogP contribution in [0.5, 0.6) is 11.5 Å². The second kappa shape index (κ2) is 6.73. The van der Waals surface area contributed by atoms with Gasteiger partial charge in [-0.2, -0.15) is 4.31 Å². The third kappa shape index (κ3) is 3.45. The van der Waals surface area contributed by atoms with Gasteiger partial charge in [-0.3, -0.25) is 4.79 Å². The molecule has 0 radical (unpaired) electrons. The molecule has 2 N–H and O–H groups in total. The van der Waals surface area contributed by atoms with Crippen molar-refractivity contribution < 1.29 is 22.7 Å². The largest absolute Gasteiger partial charge is 0.454 e. The van der Waals surface area contributed by atoms with Gasteiger partial charge in [-0.15, -0.1) is 0 Å². The first kappa shape index (κ1) is 17.2. The van der Waals surface area contributed by atoms with Crippen molar-refractivity contribution in [1.82, 2.24) is 4.31 Å². The quantitative estimate of drug-likeness (QED) is 0.844. The van der Waals surface area contributed by atoms with Crippen molar-refractivity contribution >= 4 is 15.9 Å². The highest BCUT2D eigenvalue weighted by molar-refractivity contribution is 7.89. The van der Waals surface area contributed by atoms with E-state index in [1.807, 2.05) is 6.07 Å². The SMILES string of the molecule is CCN(Cc1ccc2c(c1)OCO2)S(=O)(=O)c1ccc(C(N)=O)cc1. The Hall–Kier alpha value is -2.58. The van der Waals surface area contributed by atoms with Crippen LogP contribution in [0.1, 0.15) is 22.8 Å². The number of ether oxygens (including phenoxy) is 2. The number of carbonyl (C=O) groups is 1. The molecule has 8 heteroatoms. The number of primary amides is 1. The molecule has 7 nitrogen and oxygen atoms in total. The number of amides is 1. The Morgan fingerprint density at radius 2 is 1.80 bits per heavy atom. The standard InChI is InChI=1S/C17H18N2O5S/c1-2-19(10-12-3-8-15-16(9-12)24-11-23-15)25(21,22)14-6-4-13(5-7-14)17(18)20/h3-9H,2,10-11H2,1H3,(H2,18,20). The predicted molar refractivity (Wildman–Crippen MR) is 90.8 cm³/mol. The minimum Gasteiger partial charge on any atom is -0.454 e. The van der Waals surface area contributed by atoms with E-state index in [2.05, 4.69) is 0 Å². The molecule has 0 saturated carbocycles. The Kier molecular flexibility index (Phi) is 4.65. The van der Waals surface area contributed by atoms with Gasteiger partial charge in [-0.1, -0.05) is 13.0 Å². The van der Waals surface area contributed by atoms with Crippen LogP contribution >= 0.6 is 0 Å². The smallest absolute Gasteiger partial charge is 0.248 e. The second-order valence-corrected chi connectivity index (χ2v) is 7.45. The number of nitrogens with two attached hydrogens (primary N) is 1. The summed E-state index contributed by atoms with van der Waals surface area (Å²) in [6.07, 6.45) is 0. The van der Waals surface area contributed by atoms with E-state index < -0.39 is 15.9 Å². The molecule has 0 fully saturated rings. The number of nitrogens with zero attached hydrogens (tertiary/aromatic N) is 1. The molecule has 1 aliphatic rings. The summed E-state index contributed by atoms with van der Waals surface area (Å²) in [5.41, 5.74) is 6.24. The lowest BCUT2D eigenvalue weighted by atomic mass is 10.2. The number of fused-ring (bicyclic) bond motifs is 1. The Labute approximate surface area is 146 Å². The zero-order valence-corrected chi connectivity index (χ0v) is 14.5. The van der Waals surface area contributed by atoms with Crippen LogP contribution in [0.2, 0.25) is 0 Å². The third-order valence-corrected chi connectivity index (χ3v) is 5.86. The molecular formula is C17H18N2O5S. The number of hydrogen-bond acceptors (Lipinski definition) is 5. The first-order valence-corrected chi connectivity index (χ1v) is 9.14. The van der Waals surface area contributed by atoms with Crippen LogP contribution in [0.25, 0.3) is 0 Å². The number of sulfonamides is 1. The van der Waals surface area contributed by atoms with Crippen LogP contribution in [-0.4, -0.2) is 32.0 Å². The molecule has 1 aliphatic heterocycles. The van der Waals surface area contributed by atoms with E-state index in [9.17, 15) is 13.2 Å². The average molecular weight is 362 g/mol. The Balaban J connectivity index is 1.84. The van der Waals surface area contributed by atoms with Crippen molar-refractivity contribution in [2.24, 2.45) is 5.73 Å². The first-order valence-electron chi connectivity index (χ1n) is 7.70. The van der Waals surface area contributed by atoms with Gasteiger partial charge in [0.1, 0.15) is 0 Å². The molecule has 2 aromatic carbocycles. The Bertz CT molecular complexity index is 894. The fourth-order valence-corrected chi connectivity index (χ4v) is 3.99. The molecule has 3 rings (SSSR count). The van der Waals surface area contributed by atoms with Gasteiger partial charge >= 0.3 is 0 Å². The first-order chi connectivity index (χ1) is 11.9. The lowest BCUT2D eigenvalue weighted by molar-refractivity contribution is 0.1000. The van der Waals surface area contributed by atoms with Gasteiger partial charge in [-0.25, -0.2) is 8.42 Å². The summed E-state index contributed by atoms with van der Waals surface area (Å²) >= 11 is 0. The Morgan fingerprint density at radius 3 is 2.44 bits per heavy atom. The van der Waals surface area contributed by atoms with E-state index in [4.69, 9.17) is 15.2 Å². The normalized spacial score (nSPS) is 13.2. The molecule has 0 aromatic heterocycles. The number of hydrogen-bond donors (Lipinski definition) is 1. The van der Waals surface area contributed by atoms with Crippen LogP contribution in [0.4, 0.5) is 0 Å². The molecule has 0 bridgehead atoms. The lowest BCUT2D eigenvalue weighted by Crippen LogP contribution is -2.30. The Morgan fingerprint density at radius 1 is 1.12 bits per heavy atom. The maximum Gasteiger partial charge on any atom is 0.248 e. The van der Waals surface area contributed by atoms with E-state index in [1.165, 1.54) is 28.6 Å². The summed E-state index contributed by atoms with van der Waals surface area (Å²) in [7, 11) is -3.70. The zero-order valence-electron chi connectivity index (χ0n) is 13.6. The molecule has 25 heavy (non-hydrogen) atoms. The van der Waals surface area contributed by atoms with Gasteiger partial charge in [-0.05, 0) is 42.0 Å². The van der Waals surface area contributed by atoms with Gasteiger partial charge in [0.2, 0.25) is 22.7 Å². The molecular weight excluding hydrogens is 344 g/mol. The highest BCUT2D eigenvalue weighted by Crippen LogP contribution is 2.33. The predicted octanol–water partition coefficient (Wildman–Crippen LogP) is 1.73. The molecule has 1 heterocycles. The minimum atomic E-state index is -3.70. The summed E-state index contributed by atoms with van der Waals surface area (Å²) in [6, 6.07) is 10.9. The van der Waals surface area contributed by atoms with Gasteiger partial charge in [0.15, 0.2) is 11.5 Å². The van der Waals surface area contributed by atoms with E-state index in [0.717, 1.165) is 5.56 Å². The van der Waals surface area contributed by atoms with E-state index in [1.54, 1.807) is 19.1 Å². The molecule has 0 atom stereocenters. The van der Waals surface area contributed by atoms with Crippen LogP contribution in [0.3, 0.4) is 0 Å². The van der Waals surface area contributed by atoms with Crippen LogP contribution in [0.15, 0.2) is 47.4 Å². The summed E-state index contributed by atoms with van der Waals surface area (Å²) in [5.74, 6) is 0.658. The summed E-state index contributed by atoms with van der Waals surface area (Å²) in [6.45, 7) is 2.44. The van der Waals surface area contributed by atoms with E-state index >= 15 is 0 Å². The van der Waals surface area contributed by atoms with E-state index in [0.29, 0.717) is 18.0 Å².